The predicted octanol–water partition coefficient (Wildman–Crippen LogP) is 17.6. The third kappa shape index (κ3) is 49.6. The van der Waals surface area contributed by atoms with Crippen molar-refractivity contribution in [2.24, 2.45) is 0 Å². The molecule has 0 N–H and O–H groups in total. The highest BCUT2D eigenvalue weighted by atomic mass is 16.6. The first kappa shape index (κ1) is 60.6. The van der Waals surface area contributed by atoms with E-state index in [9.17, 15) is 14.4 Å². The molecule has 0 aliphatic heterocycles. The summed E-state index contributed by atoms with van der Waals surface area (Å²) in [6.07, 6.45) is 67.1. The van der Waals surface area contributed by atoms with Crippen molar-refractivity contribution in [3.63, 3.8) is 0 Å². The average molecular weight is 891 g/mol. The zero-order valence-corrected chi connectivity index (χ0v) is 41.8. The molecule has 0 heterocycles. The molecule has 0 aromatic rings. The standard InChI is InChI=1S/C58H98O6/c1-4-7-10-13-16-19-22-25-28-29-31-33-36-39-42-45-48-51-57(60)63-54-55(53-62-56(59)50-47-44-41-38-35-32-27-24-21-18-15-12-9-6-3)64-58(61)52-49-46-43-40-37-34-30-26-23-20-17-14-11-8-5-2/h8,11,14,17,20,23,25-26,28,30,32,34-35,37,55H,4-7,9-10,12-13,15-16,18-19,21-22,24,27,29,31,33,36,38-54H2,1-3H3/b11-8-,17-14-,23-20-,28-25-,30-26-,35-32-,37-34-. The van der Waals surface area contributed by atoms with Gasteiger partial charge >= 0.3 is 17.9 Å². The van der Waals surface area contributed by atoms with Crippen LogP contribution in [-0.4, -0.2) is 37.2 Å². The highest BCUT2D eigenvalue weighted by Crippen LogP contribution is 2.14. The van der Waals surface area contributed by atoms with E-state index < -0.39 is 6.10 Å². The van der Waals surface area contributed by atoms with Gasteiger partial charge in [0.25, 0.3) is 0 Å². The lowest BCUT2D eigenvalue weighted by atomic mass is 10.1. The number of hydrogen-bond acceptors (Lipinski definition) is 6. The summed E-state index contributed by atoms with van der Waals surface area (Å²) >= 11 is 0. The van der Waals surface area contributed by atoms with Crippen LogP contribution in [0.3, 0.4) is 0 Å². The lowest BCUT2D eigenvalue weighted by Gasteiger charge is -2.18. The second-order valence-corrected chi connectivity index (χ2v) is 17.5. The lowest BCUT2D eigenvalue weighted by molar-refractivity contribution is -0.167. The molecule has 1 atom stereocenters. The summed E-state index contributed by atoms with van der Waals surface area (Å²) in [5, 5.41) is 0. The predicted molar refractivity (Wildman–Crippen MR) is 274 cm³/mol. The number of ether oxygens (including phenoxy) is 3. The van der Waals surface area contributed by atoms with Gasteiger partial charge in [-0.25, -0.2) is 0 Å². The van der Waals surface area contributed by atoms with Gasteiger partial charge in [-0.05, 0) is 89.9 Å². The molecule has 0 saturated heterocycles. The van der Waals surface area contributed by atoms with Gasteiger partial charge in [0.15, 0.2) is 6.10 Å². The van der Waals surface area contributed by atoms with E-state index in [-0.39, 0.29) is 37.5 Å². The van der Waals surface area contributed by atoms with Crippen molar-refractivity contribution >= 4 is 17.9 Å². The van der Waals surface area contributed by atoms with Crippen LogP contribution in [0.5, 0.6) is 0 Å². The zero-order chi connectivity index (χ0) is 46.5. The molecular formula is C58H98O6. The molecule has 6 heteroatoms. The van der Waals surface area contributed by atoms with E-state index in [0.29, 0.717) is 19.3 Å². The van der Waals surface area contributed by atoms with Crippen molar-refractivity contribution < 1.29 is 28.6 Å². The maximum absolute atomic E-state index is 12.8. The van der Waals surface area contributed by atoms with Crippen molar-refractivity contribution in [2.45, 2.75) is 252 Å². The smallest absolute Gasteiger partial charge is 0.306 e. The minimum absolute atomic E-state index is 0.101. The Hall–Kier alpha value is -3.41. The maximum Gasteiger partial charge on any atom is 0.306 e. The SMILES string of the molecule is CC\C=C/C=C\C=C/C=C\C=C/CCCCCC(=O)OC(COC(=O)CCCCC/C=C\CCCCCCCCC)COC(=O)CCCCCCCCC/C=C\CCCCCCCC. The van der Waals surface area contributed by atoms with Crippen LogP contribution in [0, 0.1) is 0 Å². The summed E-state index contributed by atoms with van der Waals surface area (Å²) in [4.78, 5) is 38.0. The van der Waals surface area contributed by atoms with Crippen molar-refractivity contribution in [2.75, 3.05) is 13.2 Å². The fourth-order valence-electron chi connectivity index (χ4n) is 7.22. The quantitative estimate of drug-likeness (QED) is 0.0199. The maximum atomic E-state index is 12.8. The number of rotatable bonds is 47. The largest absolute Gasteiger partial charge is 0.462 e. The van der Waals surface area contributed by atoms with Gasteiger partial charge in [-0.3, -0.25) is 14.4 Å². The monoisotopic (exact) mass is 891 g/mol. The summed E-state index contributed by atoms with van der Waals surface area (Å²) in [6, 6.07) is 0. The fourth-order valence-corrected chi connectivity index (χ4v) is 7.22. The van der Waals surface area contributed by atoms with Gasteiger partial charge in [-0.15, -0.1) is 0 Å². The number of carbonyl (C=O) groups is 3. The zero-order valence-electron chi connectivity index (χ0n) is 41.8. The molecule has 0 amide bonds. The molecule has 0 aliphatic carbocycles. The van der Waals surface area contributed by atoms with Gasteiger partial charge < -0.3 is 14.2 Å². The lowest BCUT2D eigenvalue weighted by Crippen LogP contribution is -2.30. The van der Waals surface area contributed by atoms with Crippen molar-refractivity contribution in [1.82, 2.24) is 0 Å². The summed E-state index contributed by atoms with van der Waals surface area (Å²) in [5.41, 5.74) is 0. The highest BCUT2D eigenvalue weighted by Gasteiger charge is 2.19. The first-order valence-electron chi connectivity index (χ1n) is 26.7. The normalized spacial score (nSPS) is 12.7. The topological polar surface area (TPSA) is 78.9 Å². The van der Waals surface area contributed by atoms with Crippen LogP contribution in [0.25, 0.3) is 0 Å². The van der Waals surface area contributed by atoms with Crippen LogP contribution in [0.1, 0.15) is 245 Å². The Labute approximate surface area is 395 Å². The third-order valence-corrected chi connectivity index (χ3v) is 11.2. The molecule has 0 spiro atoms. The second kappa shape index (κ2) is 52.2. The summed E-state index contributed by atoms with van der Waals surface area (Å²) in [5.74, 6) is -0.963. The highest BCUT2D eigenvalue weighted by molar-refractivity contribution is 5.71. The molecule has 0 aromatic carbocycles. The van der Waals surface area contributed by atoms with Gasteiger partial charge in [-0.2, -0.15) is 0 Å². The molecule has 64 heavy (non-hydrogen) atoms. The van der Waals surface area contributed by atoms with Crippen LogP contribution < -0.4 is 0 Å². The van der Waals surface area contributed by atoms with E-state index >= 15 is 0 Å². The number of hydrogen-bond donors (Lipinski definition) is 0. The molecule has 1 unspecified atom stereocenters. The number of carbonyl (C=O) groups excluding carboxylic acids is 3. The minimum atomic E-state index is -0.806. The van der Waals surface area contributed by atoms with Gasteiger partial charge in [0, 0.05) is 19.3 Å². The first-order chi connectivity index (χ1) is 31.5. The van der Waals surface area contributed by atoms with E-state index in [0.717, 1.165) is 77.0 Å². The fraction of sp³-hybridized carbons (Fsp3) is 0.707. The van der Waals surface area contributed by atoms with Crippen LogP contribution in [0.2, 0.25) is 0 Å². The van der Waals surface area contributed by atoms with E-state index in [1.165, 1.54) is 122 Å². The summed E-state index contributed by atoms with van der Waals surface area (Å²) in [7, 11) is 0. The van der Waals surface area contributed by atoms with Gasteiger partial charge in [0.05, 0.1) is 0 Å². The first-order valence-corrected chi connectivity index (χ1v) is 26.7. The molecule has 0 saturated carbocycles. The van der Waals surface area contributed by atoms with Gasteiger partial charge in [-0.1, -0.05) is 221 Å². The van der Waals surface area contributed by atoms with E-state index in [2.05, 4.69) is 57.2 Å². The van der Waals surface area contributed by atoms with Crippen LogP contribution in [0.4, 0.5) is 0 Å². The number of allylic oxidation sites excluding steroid dienone is 14. The summed E-state index contributed by atoms with van der Waals surface area (Å²) < 4.78 is 16.8. The molecular weight excluding hydrogens is 793 g/mol. The molecule has 366 valence electrons. The molecule has 0 aromatic heterocycles. The van der Waals surface area contributed by atoms with E-state index in [4.69, 9.17) is 14.2 Å². The molecule has 0 bridgehead atoms. The Morgan fingerprint density at radius 3 is 1.02 bits per heavy atom. The molecule has 0 fully saturated rings. The van der Waals surface area contributed by atoms with Crippen LogP contribution >= 0.6 is 0 Å². The number of esters is 3. The molecule has 6 nitrogen and oxygen atoms in total. The van der Waals surface area contributed by atoms with Crippen molar-refractivity contribution in [1.29, 1.82) is 0 Å². The molecule has 0 aliphatic rings. The average Bonchev–Trinajstić information content (AvgIpc) is 3.29. The van der Waals surface area contributed by atoms with Gasteiger partial charge in [0.1, 0.15) is 13.2 Å². The molecule has 0 rings (SSSR count). The van der Waals surface area contributed by atoms with E-state index in [1.54, 1.807) is 0 Å². The van der Waals surface area contributed by atoms with Crippen LogP contribution in [0.15, 0.2) is 85.1 Å². The number of unbranched alkanes of at least 4 members (excludes halogenated alkanes) is 26. The minimum Gasteiger partial charge on any atom is -0.462 e. The Morgan fingerprint density at radius 1 is 0.328 bits per heavy atom. The molecule has 0 radical (unpaired) electrons. The van der Waals surface area contributed by atoms with Gasteiger partial charge in [0.2, 0.25) is 0 Å². The Bertz CT molecular complexity index is 1250. The van der Waals surface area contributed by atoms with Crippen LogP contribution in [-0.2, 0) is 28.6 Å². The summed E-state index contributed by atoms with van der Waals surface area (Å²) in [6.45, 7) is 6.44. The Balaban J connectivity index is 4.48. The Morgan fingerprint density at radius 2 is 0.625 bits per heavy atom. The van der Waals surface area contributed by atoms with Crippen molar-refractivity contribution in [3.8, 4) is 0 Å². The van der Waals surface area contributed by atoms with Crippen molar-refractivity contribution in [3.05, 3.63) is 85.1 Å². The third-order valence-electron chi connectivity index (χ3n) is 11.2. The second-order valence-electron chi connectivity index (χ2n) is 17.5. The van der Waals surface area contributed by atoms with E-state index in [1.807, 2.05) is 48.6 Å². The Kier molecular flexibility index (Phi) is 49.4.